The largest absolute Gasteiger partial charge is 0.454 e. The summed E-state index contributed by atoms with van der Waals surface area (Å²) < 4.78 is 11.5. The molecule has 35 heavy (non-hydrogen) atoms. The van der Waals surface area contributed by atoms with Crippen molar-refractivity contribution in [2.45, 2.75) is 32.4 Å². The van der Waals surface area contributed by atoms with Gasteiger partial charge in [0.05, 0.1) is 18.3 Å². The van der Waals surface area contributed by atoms with Gasteiger partial charge in [0, 0.05) is 34.8 Å². The molecule has 1 aliphatic heterocycles. The molecule has 5 rings (SSSR count). The van der Waals surface area contributed by atoms with Crippen LogP contribution in [0.4, 0.5) is 10.8 Å². The highest BCUT2D eigenvalue weighted by atomic mass is 35.5. The first kappa shape index (κ1) is 23.6. The van der Waals surface area contributed by atoms with Crippen LogP contribution in [0.5, 0.6) is 0 Å². The third-order valence-corrected chi connectivity index (χ3v) is 7.01. The number of halogens is 1. The molecule has 2 aromatic carbocycles. The molecule has 180 valence electrons. The van der Waals surface area contributed by atoms with Crippen LogP contribution in [-0.2, 0) is 11.3 Å². The second kappa shape index (κ2) is 10.6. The molecule has 1 fully saturated rings. The molecule has 3 heterocycles. The van der Waals surface area contributed by atoms with E-state index >= 15 is 0 Å². The van der Waals surface area contributed by atoms with Crippen molar-refractivity contribution < 1.29 is 13.9 Å². The zero-order valence-electron chi connectivity index (χ0n) is 19.4. The third kappa shape index (κ3) is 5.75. The van der Waals surface area contributed by atoms with Crippen LogP contribution in [0.25, 0.3) is 11.3 Å². The Kier molecular flexibility index (Phi) is 7.18. The molecule has 0 saturated carbocycles. The van der Waals surface area contributed by atoms with Crippen LogP contribution in [0.1, 0.15) is 34.7 Å². The predicted molar refractivity (Wildman–Crippen MR) is 140 cm³/mol. The molecular formula is C27H26ClN3O3S. The summed E-state index contributed by atoms with van der Waals surface area (Å²) in [5.41, 5.74) is 4.04. The average Bonchev–Trinajstić information content (AvgIpc) is 3.64. The van der Waals surface area contributed by atoms with Crippen LogP contribution >= 0.6 is 22.9 Å². The molecule has 0 aliphatic carbocycles. The normalized spacial score (nSPS) is 15.3. The molecule has 0 spiro atoms. The first-order chi connectivity index (χ1) is 17.0. The predicted octanol–water partition coefficient (Wildman–Crippen LogP) is 6.61. The van der Waals surface area contributed by atoms with Gasteiger partial charge in [-0.15, -0.1) is 11.3 Å². The van der Waals surface area contributed by atoms with Gasteiger partial charge in [0.2, 0.25) is 0 Å². The number of hydrogen-bond acceptors (Lipinski definition) is 6. The summed E-state index contributed by atoms with van der Waals surface area (Å²) in [6, 6.07) is 19.5. The second-order valence-electron chi connectivity index (χ2n) is 8.56. The summed E-state index contributed by atoms with van der Waals surface area (Å²) in [7, 11) is 0. The van der Waals surface area contributed by atoms with E-state index in [4.69, 9.17) is 25.7 Å². The maximum atomic E-state index is 12.6. The van der Waals surface area contributed by atoms with Crippen molar-refractivity contribution in [2.24, 2.45) is 0 Å². The number of amides is 1. The molecule has 1 unspecified atom stereocenters. The Hall–Kier alpha value is -3.13. The highest BCUT2D eigenvalue weighted by Gasteiger charge is 2.20. The number of nitrogens with zero attached hydrogens (tertiary/aromatic N) is 2. The van der Waals surface area contributed by atoms with Crippen LogP contribution in [0.3, 0.4) is 0 Å². The highest BCUT2D eigenvalue weighted by Crippen LogP contribution is 2.34. The summed E-state index contributed by atoms with van der Waals surface area (Å²) in [4.78, 5) is 19.6. The quantitative estimate of drug-likeness (QED) is 0.290. The highest BCUT2D eigenvalue weighted by molar-refractivity contribution is 7.14. The molecule has 0 bridgehead atoms. The van der Waals surface area contributed by atoms with Gasteiger partial charge >= 0.3 is 0 Å². The molecule has 1 saturated heterocycles. The number of thiazole rings is 1. The maximum absolute atomic E-state index is 12.6. The number of anilines is 2. The van der Waals surface area contributed by atoms with Crippen molar-refractivity contribution in [3.05, 3.63) is 88.2 Å². The van der Waals surface area contributed by atoms with Gasteiger partial charge < -0.3 is 19.4 Å². The molecule has 1 atom stereocenters. The average molecular weight is 508 g/mol. The van der Waals surface area contributed by atoms with Crippen LogP contribution < -0.4 is 10.2 Å². The maximum Gasteiger partial charge on any atom is 0.287 e. The monoisotopic (exact) mass is 507 g/mol. The molecule has 1 aliphatic rings. The number of aromatic nitrogens is 1. The Balaban J connectivity index is 1.36. The number of ether oxygens (including phenoxy) is 1. The Labute approximate surface area is 213 Å². The smallest absolute Gasteiger partial charge is 0.287 e. The van der Waals surface area contributed by atoms with Crippen molar-refractivity contribution in [1.29, 1.82) is 0 Å². The Morgan fingerprint density at radius 3 is 2.83 bits per heavy atom. The lowest BCUT2D eigenvalue weighted by molar-refractivity contribution is 0.0834. The zero-order valence-corrected chi connectivity index (χ0v) is 20.9. The lowest BCUT2D eigenvalue weighted by Gasteiger charge is -2.21. The van der Waals surface area contributed by atoms with E-state index in [1.165, 1.54) is 0 Å². The first-order valence-corrected chi connectivity index (χ1v) is 12.8. The summed E-state index contributed by atoms with van der Waals surface area (Å²) in [5, 5.41) is 6.48. The number of nitrogens with one attached hydrogen (secondary N) is 1. The number of aryl methyl sites for hydroxylation is 1. The van der Waals surface area contributed by atoms with Gasteiger partial charge in [0.25, 0.3) is 5.91 Å². The minimum Gasteiger partial charge on any atom is -0.454 e. The van der Waals surface area contributed by atoms with Crippen molar-refractivity contribution in [1.82, 2.24) is 10.3 Å². The SMILES string of the molecule is Cc1cccc(N(Cc2ccc(C(=O)NCC3CCCO3)o2)c2nc(-c3ccc(Cl)cc3)cs2)c1. The van der Waals surface area contributed by atoms with E-state index in [0.717, 1.165) is 47.1 Å². The first-order valence-electron chi connectivity index (χ1n) is 11.6. The van der Waals surface area contributed by atoms with Gasteiger partial charge in [-0.25, -0.2) is 4.98 Å². The van der Waals surface area contributed by atoms with Crippen LogP contribution in [0, 0.1) is 6.92 Å². The topological polar surface area (TPSA) is 67.6 Å². The minimum absolute atomic E-state index is 0.0879. The molecule has 1 N–H and O–H groups in total. The fourth-order valence-corrected chi connectivity index (χ4v) is 5.03. The van der Waals surface area contributed by atoms with Crippen LogP contribution in [0.2, 0.25) is 5.02 Å². The van der Waals surface area contributed by atoms with E-state index in [-0.39, 0.29) is 12.0 Å². The number of furan rings is 1. The summed E-state index contributed by atoms with van der Waals surface area (Å²) in [6.07, 6.45) is 2.10. The number of carbonyl (C=O) groups excluding carboxylic acids is 1. The fourth-order valence-electron chi connectivity index (χ4n) is 4.05. The molecule has 0 radical (unpaired) electrons. The van der Waals surface area contributed by atoms with Gasteiger partial charge in [-0.3, -0.25) is 4.79 Å². The van der Waals surface area contributed by atoms with Crippen molar-refractivity contribution in [2.75, 3.05) is 18.1 Å². The van der Waals surface area contributed by atoms with Crippen molar-refractivity contribution in [3.63, 3.8) is 0 Å². The standard InChI is InChI=1S/C27H26ClN3O3S/c1-18-4-2-5-21(14-18)31(27-30-24(17-35-27)19-7-9-20(28)10-8-19)16-23-11-12-25(34-23)26(32)29-15-22-6-3-13-33-22/h2,4-5,7-12,14,17,22H,3,6,13,15-16H2,1H3,(H,29,32). The molecule has 2 aromatic heterocycles. The van der Waals surface area contributed by atoms with Gasteiger partial charge in [-0.1, -0.05) is 35.9 Å². The summed E-state index contributed by atoms with van der Waals surface area (Å²) in [5.74, 6) is 0.744. The third-order valence-electron chi connectivity index (χ3n) is 5.89. The van der Waals surface area contributed by atoms with Gasteiger partial charge in [0.1, 0.15) is 5.76 Å². The van der Waals surface area contributed by atoms with E-state index in [1.807, 2.05) is 41.8 Å². The van der Waals surface area contributed by atoms with Crippen molar-refractivity contribution >= 4 is 39.7 Å². The summed E-state index contributed by atoms with van der Waals surface area (Å²) in [6.45, 7) is 3.76. The van der Waals surface area contributed by atoms with E-state index in [0.29, 0.717) is 29.6 Å². The molecule has 8 heteroatoms. The summed E-state index contributed by atoms with van der Waals surface area (Å²) >= 11 is 7.60. The van der Waals surface area contributed by atoms with Crippen LogP contribution in [0.15, 0.2) is 70.5 Å². The van der Waals surface area contributed by atoms with Gasteiger partial charge in [0.15, 0.2) is 10.9 Å². The van der Waals surface area contributed by atoms with Crippen LogP contribution in [-0.4, -0.2) is 30.1 Å². The second-order valence-corrected chi connectivity index (χ2v) is 9.83. The van der Waals surface area contributed by atoms with E-state index in [1.54, 1.807) is 17.4 Å². The number of benzene rings is 2. The lowest BCUT2D eigenvalue weighted by atomic mass is 10.2. The lowest BCUT2D eigenvalue weighted by Crippen LogP contribution is -2.31. The fraction of sp³-hybridized carbons (Fsp3) is 0.259. The van der Waals surface area contributed by atoms with E-state index < -0.39 is 0 Å². The molecule has 6 nitrogen and oxygen atoms in total. The van der Waals surface area contributed by atoms with E-state index in [2.05, 4.69) is 35.3 Å². The Morgan fingerprint density at radius 2 is 2.06 bits per heavy atom. The molecule has 1 amide bonds. The Morgan fingerprint density at radius 1 is 1.20 bits per heavy atom. The molecular weight excluding hydrogens is 482 g/mol. The minimum atomic E-state index is -0.229. The van der Waals surface area contributed by atoms with E-state index in [9.17, 15) is 4.79 Å². The number of hydrogen-bond donors (Lipinski definition) is 1. The Bertz CT molecular complexity index is 1300. The number of carbonyl (C=O) groups is 1. The van der Waals surface area contributed by atoms with Crippen molar-refractivity contribution in [3.8, 4) is 11.3 Å². The molecule has 4 aromatic rings. The van der Waals surface area contributed by atoms with Gasteiger partial charge in [-0.05, 0) is 61.7 Å². The van der Waals surface area contributed by atoms with Gasteiger partial charge in [-0.2, -0.15) is 0 Å². The zero-order chi connectivity index (χ0) is 24.2. The number of rotatable bonds is 8.